The average Bonchev–Trinajstić information content (AvgIpc) is 3.32. The second kappa shape index (κ2) is 8.24. The van der Waals surface area contributed by atoms with Crippen LogP contribution in [-0.4, -0.2) is 27.2 Å². The number of ether oxygens (including phenoxy) is 1. The third-order valence-electron chi connectivity index (χ3n) is 6.24. The smallest absolute Gasteiger partial charge is 0.304 e. The number of aliphatic carboxylic acids is 1. The van der Waals surface area contributed by atoms with E-state index in [1.165, 1.54) is 12.1 Å². The molecule has 3 aromatic carbocycles. The van der Waals surface area contributed by atoms with Gasteiger partial charge in [-0.25, -0.2) is 9.37 Å². The first-order valence-corrected chi connectivity index (χ1v) is 10.9. The predicted octanol–water partition coefficient (Wildman–Crippen LogP) is 5.34. The van der Waals surface area contributed by atoms with Crippen molar-refractivity contribution in [3.63, 3.8) is 0 Å². The zero-order valence-corrected chi connectivity index (χ0v) is 18.4. The van der Waals surface area contributed by atoms with E-state index >= 15 is 0 Å². The molecule has 168 valence electrons. The van der Waals surface area contributed by atoms with Crippen molar-refractivity contribution in [3.05, 3.63) is 82.9 Å². The molecule has 0 bridgehead atoms. The lowest BCUT2D eigenvalue weighted by Crippen LogP contribution is -2.07. The number of anilines is 1. The van der Waals surface area contributed by atoms with Gasteiger partial charge in [0.25, 0.3) is 0 Å². The molecule has 1 atom stereocenters. The number of hydrogen-bond donors (Lipinski definition) is 2. The molecule has 4 aromatic rings. The molecule has 0 aliphatic carbocycles. The molecule has 6 nitrogen and oxygen atoms in total. The van der Waals surface area contributed by atoms with Crippen LogP contribution >= 0.6 is 0 Å². The number of aromatic nitrogens is 2. The normalized spacial score (nSPS) is 14.8. The van der Waals surface area contributed by atoms with Gasteiger partial charge in [-0.3, -0.25) is 9.36 Å². The van der Waals surface area contributed by atoms with E-state index in [1.807, 2.05) is 37.3 Å². The van der Waals surface area contributed by atoms with Crippen molar-refractivity contribution in [3.8, 4) is 11.4 Å². The van der Waals surface area contributed by atoms with Crippen molar-refractivity contribution in [2.24, 2.45) is 0 Å². The standard InChI is InChI=1S/C26H24FN3O3/c1-15-17(13-28-20-7-8-21-18(10-26(31)32)14-33-25(21)12-20)4-3-5-23(15)30-16(2)29-22-11-19(27)6-9-24(22)30/h3-9,11-12,18,28H,10,13-14H2,1-2H3,(H,31,32). The summed E-state index contributed by atoms with van der Waals surface area (Å²) >= 11 is 0. The summed E-state index contributed by atoms with van der Waals surface area (Å²) in [6, 6.07) is 16.6. The van der Waals surface area contributed by atoms with Crippen molar-refractivity contribution in [2.75, 3.05) is 11.9 Å². The van der Waals surface area contributed by atoms with E-state index in [1.54, 1.807) is 6.07 Å². The quantitative estimate of drug-likeness (QED) is 0.419. The Morgan fingerprint density at radius 1 is 1.21 bits per heavy atom. The molecule has 1 unspecified atom stereocenters. The number of halogens is 1. The van der Waals surface area contributed by atoms with Gasteiger partial charge in [-0.05, 0) is 49.2 Å². The minimum absolute atomic E-state index is 0.0702. The lowest BCUT2D eigenvalue weighted by atomic mass is 9.98. The molecule has 7 heteroatoms. The van der Waals surface area contributed by atoms with Gasteiger partial charge in [-0.15, -0.1) is 0 Å². The Kier molecular flexibility index (Phi) is 5.24. The van der Waals surface area contributed by atoms with E-state index in [4.69, 9.17) is 9.84 Å². The number of hydrogen-bond acceptors (Lipinski definition) is 4. The summed E-state index contributed by atoms with van der Waals surface area (Å²) in [7, 11) is 0. The van der Waals surface area contributed by atoms with Crippen molar-refractivity contribution in [1.82, 2.24) is 9.55 Å². The third kappa shape index (κ3) is 3.91. The van der Waals surface area contributed by atoms with Crippen LogP contribution in [0.3, 0.4) is 0 Å². The van der Waals surface area contributed by atoms with Gasteiger partial charge >= 0.3 is 5.97 Å². The number of fused-ring (bicyclic) bond motifs is 2. The fourth-order valence-corrected chi connectivity index (χ4v) is 4.55. The maximum Gasteiger partial charge on any atom is 0.304 e. The molecular weight excluding hydrogens is 421 g/mol. The SMILES string of the molecule is Cc1c(CNc2ccc3c(c2)OCC3CC(=O)O)cccc1-n1c(C)nc2cc(F)ccc21. The van der Waals surface area contributed by atoms with Crippen molar-refractivity contribution in [2.45, 2.75) is 32.7 Å². The number of carbonyl (C=O) groups is 1. The van der Waals surface area contributed by atoms with Gasteiger partial charge in [-0.2, -0.15) is 0 Å². The van der Waals surface area contributed by atoms with Gasteiger partial charge in [0.1, 0.15) is 17.4 Å². The van der Waals surface area contributed by atoms with E-state index < -0.39 is 5.97 Å². The second-order valence-corrected chi connectivity index (χ2v) is 8.40. The Labute approximate surface area is 190 Å². The molecule has 5 rings (SSSR count). The number of imidazole rings is 1. The predicted molar refractivity (Wildman–Crippen MR) is 125 cm³/mol. The highest BCUT2D eigenvalue weighted by Gasteiger charge is 2.26. The summed E-state index contributed by atoms with van der Waals surface area (Å²) in [4.78, 5) is 15.6. The molecule has 33 heavy (non-hydrogen) atoms. The highest BCUT2D eigenvalue weighted by atomic mass is 19.1. The molecule has 0 radical (unpaired) electrons. The zero-order valence-electron chi connectivity index (χ0n) is 18.4. The molecule has 1 aromatic heterocycles. The van der Waals surface area contributed by atoms with E-state index in [-0.39, 0.29) is 18.2 Å². The molecule has 2 heterocycles. The molecule has 0 fully saturated rings. The Morgan fingerprint density at radius 3 is 2.88 bits per heavy atom. The fraction of sp³-hybridized carbons (Fsp3) is 0.231. The second-order valence-electron chi connectivity index (χ2n) is 8.40. The number of carboxylic acid groups (broad SMARTS) is 1. The first-order valence-electron chi connectivity index (χ1n) is 10.9. The maximum atomic E-state index is 13.7. The van der Waals surface area contributed by atoms with Crippen molar-refractivity contribution < 1.29 is 19.0 Å². The molecule has 0 saturated carbocycles. The van der Waals surface area contributed by atoms with Crippen LogP contribution < -0.4 is 10.1 Å². The monoisotopic (exact) mass is 445 g/mol. The Morgan fingerprint density at radius 2 is 2.06 bits per heavy atom. The van der Waals surface area contributed by atoms with Crippen LogP contribution in [0.2, 0.25) is 0 Å². The molecule has 0 spiro atoms. The minimum atomic E-state index is -0.819. The van der Waals surface area contributed by atoms with Gasteiger partial charge in [0.2, 0.25) is 0 Å². The van der Waals surface area contributed by atoms with Crippen LogP contribution in [0.25, 0.3) is 16.7 Å². The van der Waals surface area contributed by atoms with Gasteiger partial charge in [0, 0.05) is 35.8 Å². The Balaban J connectivity index is 1.39. The summed E-state index contributed by atoms with van der Waals surface area (Å²) in [5, 5.41) is 12.5. The first kappa shape index (κ1) is 21.0. The number of rotatable bonds is 6. The van der Waals surface area contributed by atoms with Crippen LogP contribution in [0.5, 0.6) is 5.75 Å². The summed E-state index contributed by atoms with van der Waals surface area (Å²) in [6.07, 6.45) is 0.0702. The molecule has 0 saturated heterocycles. The fourth-order valence-electron chi connectivity index (χ4n) is 4.55. The summed E-state index contributed by atoms with van der Waals surface area (Å²) in [5.74, 6) is 0.321. The lowest BCUT2D eigenvalue weighted by molar-refractivity contribution is -0.137. The van der Waals surface area contributed by atoms with Crippen molar-refractivity contribution >= 4 is 22.7 Å². The zero-order chi connectivity index (χ0) is 23.1. The van der Waals surface area contributed by atoms with Crippen LogP contribution in [-0.2, 0) is 11.3 Å². The summed E-state index contributed by atoms with van der Waals surface area (Å²) in [6.45, 7) is 5.00. The number of aryl methyl sites for hydroxylation is 1. The Hall–Kier alpha value is -3.87. The minimum Gasteiger partial charge on any atom is -0.493 e. The first-order chi connectivity index (χ1) is 15.9. The van der Waals surface area contributed by atoms with E-state index in [0.29, 0.717) is 18.7 Å². The van der Waals surface area contributed by atoms with Crippen molar-refractivity contribution in [1.29, 1.82) is 0 Å². The molecular formula is C26H24FN3O3. The lowest BCUT2D eigenvalue weighted by Gasteiger charge is -2.16. The number of carboxylic acids is 1. The molecule has 1 aliphatic heterocycles. The number of nitrogens with zero attached hydrogens (tertiary/aromatic N) is 2. The van der Waals surface area contributed by atoms with Gasteiger partial charge in [0.15, 0.2) is 0 Å². The van der Waals surface area contributed by atoms with Crippen LogP contribution in [0, 0.1) is 19.7 Å². The van der Waals surface area contributed by atoms with Crippen LogP contribution in [0.15, 0.2) is 54.6 Å². The molecule has 2 N–H and O–H groups in total. The highest BCUT2D eigenvalue weighted by molar-refractivity contribution is 5.79. The summed E-state index contributed by atoms with van der Waals surface area (Å²) in [5.41, 5.74) is 6.60. The molecule has 0 amide bonds. The maximum absolute atomic E-state index is 13.7. The summed E-state index contributed by atoms with van der Waals surface area (Å²) < 4.78 is 21.4. The van der Waals surface area contributed by atoms with E-state index in [9.17, 15) is 9.18 Å². The number of benzene rings is 3. The van der Waals surface area contributed by atoms with Gasteiger partial charge in [-0.1, -0.05) is 18.2 Å². The van der Waals surface area contributed by atoms with E-state index in [0.717, 1.165) is 45.2 Å². The topological polar surface area (TPSA) is 76.4 Å². The number of nitrogens with one attached hydrogen (secondary N) is 1. The highest BCUT2D eigenvalue weighted by Crippen LogP contribution is 2.37. The Bertz CT molecular complexity index is 1380. The van der Waals surface area contributed by atoms with Crippen LogP contribution in [0.1, 0.15) is 34.9 Å². The molecule has 1 aliphatic rings. The van der Waals surface area contributed by atoms with E-state index in [2.05, 4.69) is 27.9 Å². The largest absolute Gasteiger partial charge is 0.493 e. The average molecular weight is 445 g/mol. The van der Waals surface area contributed by atoms with Gasteiger partial charge < -0.3 is 15.2 Å². The van der Waals surface area contributed by atoms with Gasteiger partial charge in [0.05, 0.1) is 29.7 Å². The third-order valence-corrected chi connectivity index (χ3v) is 6.24. The van der Waals surface area contributed by atoms with Crippen LogP contribution in [0.4, 0.5) is 10.1 Å².